The third kappa shape index (κ3) is 6.90. The largest absolute Gasteiger partial charge is 0.423 e. The topological polar surface area (TPSA) is 96.9 Å². The zero-order chi connectivity index (χ0) is 22.1. The van der Waals surface area contributed by atoms with Gasteiger partial charge in [-0.15, -0.1) is 0 Å². The molecule has 2 N–H and O–H groups in total. The van der Waals surface area contributed by atoms with Gasteiger partial charge in [0, 0.05) is 10.0 Å². The summed E-state index contributed by atoms with van der Waals surface area (Å²) in [5, 5.41) is 6.37. The predicted octanol–water partition coefficient (Wildman–Crippen LogP) is 3.55. The number of ether oxygens (including phenoxy) is 1. The molecule has 0 atom stereocenters. The summed E-state index contributed by atoms with van der Waals surface area (Å²) in [5.41, 5.74) is 3.94. The van der Waals surface area contributed by atoms with Gasteiger partial charge in [0.05, 0.1) is 18.3 Å². The normalized spacial score (nSPS) is 10.5. The molecule has 0 radical (unpaired) electrons. The first-order valence-corrected chi connectivity index (χ1v) is 10.0. The molecule has 0 aliphatic heterocycles. The third-order valence-corrected chi connectivity index (χ3v) is 4.49. The Bertz CT molecular complexity index is 1100. The number of hydrogen-bond acceptors (Lipinski definition) is 5. The molecule has 31 heavy (non-hydrogen) atoms. The van der Waals surface area contributed by atoms with Crippen molar-refractivity contribution in [2.75, 3.05) is 6.54 Å². The number of amides is 2. The molecule has 0 fully saturated rings. The average molecular weight is 480 g/mol. The van der Waals surface area contributed by atoms with Crippen LogP contribution < -0.4 is 15.5 Å². The minimum Gasteiger partial charge on any atom is -0.423 e. The summed E-state index contributed by atoms with van der Waals surface area (Å²) in [5.74, 6) is -0.876. The summed E-state index contributed by atoms with van der Waals surface area (Å²) in [7, 11) is 0. The van der Waals surface area contributed by atoms with Crippen LogP contribution in [0.1, 0.15) is 26.3 Å². The fraction of sp³-hybridized carbons (Fsp3) is 0.0435. The number of benzene rings is 3. The van der Waals surface area contributed by atoms with E-state index in [-0.39, 0.29) is 12.5 Å². The van der Waals surface area contributed by atoms with Crippen molar-refractivity contribution in [1.82, 2.24) is 10.7 Å². The Kier molecular flexibility index (Phi) is 7.67. The molecule has 0 unspecified atom stereocenters. The highest BCUT2D eigenvalue weighted by Crippen LogP contribution is 2.14. The highest BCUT2D eigenvalue weighted by atomic mass is 79.9. The molecule has 3 aromatic carbocycles. The molecule has 0 saturated carbocycles. The number of carbonyl (C=O) groups excluding carboxylic acids is 3. The van der Waals surface area contributed by atoms with E-state index in [4.69, 9.17) is 4.74 Å². The van der Waals surface area contributed by atoms with Crippen LogP contribution in [0, 0.1) is 0 Å². The maximum absolute atomic E-state index is 12.0. The monoisotopic (exact) mass is 479 g/mol. The first-order valence-electron chi connectivity index (χ1n) is 9.24. The van der Waals surface area contributed by atoms with Gasteiger partial charge in [0.2, 0.25) is 0 Å². The second-order valence-corrected chi connectivity index (χ2v) is 7.23. The second kappa shape index (κ2) is 10.8. The van der Waals surface area contributed by atoms with E-state index in [2.05, 4.69) is 31.8 Å². The quantitative estimate of drug-likeness (QED) is 0.234. The van der Waals surface area contributed by atoms with Crippen molar-refractivity contribution in [3.63, 3.8) is 0 Å². The van der Waals surface area contributed by atoms with Crippen LogP contribution in [0.5, 0.6) is 5.75 Å². The van der Waals surface area contributed by atoms with Crippen molar-refractivity contribution in [2.45, 2.75) is 0 Å². The molecule has 3 rings (SSSR count). The molecule has 0 saturated heterocycles. The number of hydrogen-bond donors (Lipinski definition) is 2. The lowest BCUT2D eigenvalue weighted by atomic mass is 10.2. The molecular formula is C23H18BrN3O4. The molecule has 3 aromatic rings. The number of nitrogens with zero attached hydrogens (tertiary/aromatic N) is 1. The highest BCUT2D eigenvalue weighted by Gasteiger charge is 2.08. The van der Waals surface area contributed by atoms with Gasteiger partial charge in [-0.25, -0.2) is 10.2 Å². The van der Waals surface area contributed by atoms with Crippen molar-refractivity contribution in [2.24, 2.45) is 5.10 Å². The lowest BCUT2D eigenvalue weighted by Crippen LogP contribution is -2.34. The minimum absolute atomic E-state index is 0.211. The molecule has 0 aliphatic rings. The molecule has 0 spiro atoms. The molecule has 7 nitrogen and oxygen atoms in total. The van der Waals surface area contributed by atoms with Gasteiger partial charge in [-0.1, -0.05) is 40.2 Å². The van der Waals surface area contributed by atoms with E-state index in [1.807, 2.05) is 6.07 Å². The second-order valence-electron chi connectivity index (χ2n) is 6.31. The molecule has 2 amide bonds. The van der Waals surface area contributed by atoms with Gasteiger partial charge in [-0.2, -0.15) is 5.10 Å². The fourth-order valence-electron chi connectivity index (χ4n) is 2.47. The first-order chi connectivity index (χ1) is 15.0. The van der Waals surface area contributed by atoms with Gasteiger partial charge in [-0.3, -0.25) is 9.59 Å². The summed E-state index contributed by atoms with van der Waals surface area (Å²) in [6.07, 6.45) is 1.44. The van der Waals surface area contributed by atoms with Crippen LogP contribution in [-0.2, 0) is 4.79 Å². The molecular weight excluding hydrogens is 462 g/mol. The SMILES string of the molecule is O=C(CNC(=O)c1cccc(Br)c1)N/N=C/c1ccc(OC(=O)c2ccccc2)cc1. The summed E-state index contributed by atoms with van der Waals surface area (Å²) >= 11 is 3.29. The van der Waals surface area contributed by atoms with E-state index in [1.54, 1.807) is 72.8 Å². The van der Waals surface area contributed by atoms with E-state index in [1.165, 1.54) is 6.21 Å². The minimum atomic E-state index is -0.465. The van der Waals surface area contributed by atoms with Gasteiger partial charge < -0.3 is 10.1 Å². The van der Waals surface area contributed by atoms with E-state index in [0.717, 1.165) is 4.47 Å². The molecule has 0 aliphatic carbocycles. The van der Waals surface area contributed by atoms with Gasteiger partial charge in [0.15, 0.2) is 0 Å². The average Bonchev–Trinajstić information content (AvgIpc) is 2.79. The van der Waals surface area contributed by atoms with Crippen molar-refractivity contribution < 1.29 is 19.1 Å². The van der Waals surface area contributed by atoms with Gasteiger partial charge in [0.25, 0.3) is 11.8 Å². The van der Waals surface area contributed by atoms with Gasteiger partial charge in [0.1, 0.15) is 5.75 Å². The molecule has 0 bridgehead atoms. The Labute approximate surface area is 187 Å². The van der Waals surface area contributed by atoms with Crippen molar-refractivity contribution in [3.05, 3.63) is 100 Å². The van der Waals surface area contributed by atoms with E-state index in [0.29, 0.717) is 22.4 Å². The number of rotatable bonds is 7. The summed E-state index contributed by atoms with van der Waals surface area (Å²) in [4.78, 5) is 35.9. The highest BCUT2D eigenvalue weighted by molar-refractivity contribution is 9.10. The summed E-state index contributed by atoms with van der Waals surface area (Å²) in [6.45, 7) is -0.211. The Morgan fingerprint density at radius 1 is 0.903 bits per heavy atom. The van der Waals surface area contributed by atoms with Crippen LogP contribution >= 0.6 is 15.9 Å². The van der Waals surface area contributed by atoms with Gasteiger partial charge >= 0.3 is 5.97 Å². The number of halogens is 1. The lowest BCUT2D eigenvalue weighted by Gasteiger charge is -2.05. The molecule has 156 valence electrons. The van der Waals surface area contributed by atoms with Crippen LogP contribution in [0.3, 0.4) is 0 Å². The molecule has 8 heteroatoms. The zero-order valence-electron chi connectivity index (χ0n) is 16.2. The Morgan fingerprint density at radius 2 is 1.61 bits per heavy atom. The summed E-state index contributed by atoms with van der Waals surface area (Å²) < 4.78 is 6.07. The van der Waals surface area contributed by atoms with Gasteiger partial charge in [-0.05, 0) is 60.2 Å². The van der Waals surface area contributed by atoms with Crippen LogP contribution in [0.15, 0.2) is 88.4 Å². The smallest absolute Gasteiger partial charge is 0.343 e. The van der Waals surface area contributed by atoms with Crippen LogP contribution in [-0.4, -0.2) is 30.5 Å². The predicted molar refractivity (Wildman–Crippen MR) is 120 cm³/mol. The Hall–Kier alpha value is -3.78. The van der Waals surface area contributed by atoms with Crippen molar-refractivity contribution in [1.29, 1.82) is 0 Å². The number of nitrogens with one attached hydrogen (secondary N) is 2. The van der Waals surface area contributed by atoms with E-state index >= 15 is 0 Å². The molecule has 0 heterocycles. The number of carbonyl (C=O) groups is 3. The Morgan fingerprint density at radius 3 is 2.32 bits per heavy atom. The third-order valence-electron chi connectivity index (χ3n) is 4.00. The van der Waals surface area contributed by atoms with E-state index < -0.39 is 11.9 Å². The maximum atomic E-state index is 12.0. The number of hydrazone groups is 1. The van der Waals surface area contributed by atoms with Crippen LogP contribution in [0.25, 0.3) is 0 Å². The maximum Gasteiger partial charge on any atom is 0.343 e. The molecule has 0 aromatic heterocycles. The van der Waals surface area contributed by atoms with Crippen LogP contribution in [0.4, 0.5) is 0 Å². The van der Waals surface area contributed by atoms with E-state index in [9.17, 15) is 14.4 Å². The lowest BCUT2D eigenvalue weighted by molar-refractivity contribution is -0.120. The zero-order valence-corrected chi connectivity index (χ0v) is 17.8. The first kappa shape index (κ1) is 21.9. The fourth-order valence-corrected chi connectivity index (χ4v) is 2.87. The Balaban J connectivity index is 1.44. The van der Waals surface area contributed by atoms with Crippen molar-refractivity contribution in [3.8, 4) is 5.75 Å². The standard InChI is InChI=1S/C23H18BrN3O4/c24-19-8-4-7-18(13-19)22(29)25-15-21(28)27-26-14-16-9-11-20(12-10-16)31-23(30)17-5-2-1-3-6-17/h1-14H,15H2,(H,25,29)(H,27,28)/b26-14+. The number of esters is 1. The van der Waals surface area contributed by atoms with Crippen molar-refractivity contribution >= 4 is 39.9 Å². The van der Waals surface area contributed by atoms with Crippen LogP contribution in [0.2, 0.25) is 0 Å². The summed E-state index contributed by atoms with van der Waals surface area (Å²) in [6, 6.07) is 22.2.